The normalized spacial score (nSPS) is 19.7. The van der Waals surface area contributed by atoms with Crippen LogP contribution in [0, 0.1) is 0 Å². The summed E-state index contributed by atoms with van der Waals surface area (Å²) in [6, 6.07) is 0. The lowest BCUT2D eigenvalue weighted by atomic mass is 9.98. The number of hydroxylamine groups is 1. The second-order valence-electron chi connectivity index (χ2n) is 4.78. The van der Waals surface area contributed by atoms with Gasteiger partial charge in [0.25, 0.3) is 5.54 Å². The summed E-state index contributed by atoms with van der Waals surface area (Å²) in [6.07, 6.45) is -36.4. The third-order valence-electron chi connectivity index (χ3n) is 3.13. The molecule has 0 atom stereocenters. The molecule has 0 saturated heterocycles. The summed E-state index contributed by atoms with van der Waals surface area (Å²) in [4.78, 5) is 2.32. The van der Waals surface area contributed by atoms with Crippen molar-refractivity contribution < 1.29 is 70.7 Å². The standard InChI is InChI=1S/C8H2F15N3O/c9-4(10,11)2(5(12,13)14)1-24-25-26(2)27-3(6(15,16)17,7(18,19)20)8(21,22)23/h1H2. The molecule has 0 bridgehead atoms. The van der Waals surface area contributed by atoms with Crippen LogP contribution in [0.5, 0.6) is 0 Å². The first-order valence-corrected chi connectivity index (χ1v) is 5.76. The van der Waals surface area contributed by atoms with Gasteiger partial charge in [-0.25, -0.2) is 4.84 Å². The molecule has 0 aromatic heterocycles. The highest BCUT2D eigenvalue weighted by atomic mass is 19.4. The van der Waals surface area contributed by atoms with Crippen molar-refractivity contribution in [2.75, 3.05) is 6.54 Å². The van der Waals surface area contributed by atoms with E-state index in [9.17, 15) is 65.9 Å². The van der Waals surface area contributed by atoms with E-state index in [2.05, 4.69) is 4.84 Å². The zero-order valence-electron chi connectivity index (χ0n) is 11.6. The van der Waals surface area contributed by atoms with Crippen molar-refractivity contribution in [1.82, 2.24) is 5.17 Å². The molecule has 1 rings (SSSR count). The molecule has 27 heavy (non-hydrogen) atoms. The Hall–Kier alpha value is -1.69. The van der Waals surface area contributed by atoms with E-state index in [0.717, 1.165) is 0 Å². The smallest absolute Gasteiger partial charge is 0.218 e. The van der Waals surface area contributed by atoms with Gasteiger partial charge in [0.2, 0.25) is 0 Å². The van der Waals surface area contributed by atoms with Crippen molar-refractivity contribution >= 4 is 0 Å². The molecular formula is C8H2F15N3O. The average Bonchev–Trinajstić information content (AvgIpc) is 2.74. The van der Waals surface area contributed by atoms with Crippen LogP contribution in [0.15, 0.2) is 10.3 Å². The molecule has 4 nitrogen and oxygen atoms in total. The van der Waals surface area contributed by atoms with Gasteiger partial charge in [-0.3, -0.25) is 0 Å². The van der Waals surface area contributed by atoms with Crippen molar-refractivity contribution in [3.8, 4) is 0 Å². The van der Waals surface area contributed by atoms with Crippen molar-refractivity contribution in [3.63, 3.8) is 0 Å². The highest BCUT2D eigenvalue weighted by molar-refractivity contribution is 5.07. The predicted octanol–water partition coefficient (Wildman–Crippen LogP) is 4.89. The second-order valence-corrected chi connectivity index (χ2v) is 4.78. The number of hydrogen-bond acceptors (Lipinski definition) is 4. The third-order valence-corrected chi connectivity index (χ3v) is 3.13. The van der Waals surface area contributed by atoms with Crippen LogP contribution in [0.2, 0.25) is 0 Å². The Kier molecular flexibility index (Phi) is 5.10. The predicted molar refractivity (Wildman–Crippen MR) is 48.4 cm³/mol. The summed E-state index contributed by atoms with van der Waals surface area (Å²) < 4.78 is 191. The van der Waals surface area contributed by atoms with Crippen LogP contribution >= 0.6 is 0 Å². The van der Waals surface area contributed by atoms with Gasteiger partial charge in [0.05, 0.1) is 0 Å². The molecule has 0 amide bonds. The lowest BCUT2D eigenvalue weighted by molar-refractivity contribution is -0.522. The maximum Gasteiger partial charge on any atom is 0.438 e. The molecule has 160 valence electrons. The molecular weight excluding hydrogens is 439 g/mol. The fourth-order valence-corrected chi connectivity index (χ4v) is 1.75. The summed E-state index contributed by atoms with van der Waals surface area (Å²) in [6.45, 7) is -2.70. The molecule has 0 saturated carbocycles. The van der Waals surface area contributed by atoms with Gasteiger partial charge >= 0.3 is 36.5 Å². The van der Waals surface area contributed by atoms with Gasteiger partial charge < -0.3 is 0 Å². The largest absolute Gasteiger partial charge is 0.438 e. The number of halogens is 15. The summed E-state index contributed by atoms with van der Waals surface area (Å²) in [5.41, 5.74) is -13.3. The minimum Gasteiger partial charge on any atom is -0.218 e. The zero-order chi connectivity index (χ0) is 21.9. The SMILES string of the molecule is FC(F)(F)C1(C(F)(F)F)CN=NN1OC(C(F)(F)F)(C(F)(F)F)C(F)(F)F. The first-order valence-electron chi connectivity index (χ1n) is 5.76. The van der Waals surface area contributed by atoms with Crippen LogP contribution in [0.3, 0.4) is 0 Å². The van der Waals surface area contributed by atoms with Gasteiger partial charge in [0.15, 0.2) is 0 Å². The summed E-state index contributed by atoms with van der Waals surface area (Å²) >= 11 is 0. The van der Waals surface area contributed by atoms with E-state index >= 15 is 0 Å². The molecule has 0 aromatic rings. The molecule has 1 heterocycles. The fraction of sp³-hybridized carbons (Fsp3) is 1.00. The maximum absolute atomic E-state index is 12.8. The Morgan fingerprint density at radius 2 is 0.963 bits per heavy atom. The Morgan fingerprint density at radius 1 is 0.630 bits per heavy atom. The molecule has 1 aliphatic heterocycles. The third kappa shape index (κ3) is 3.22. The van der Waals surface area contributed by atoms with Gasteiger partial charge in [-0.05, 0) is 5.22 Å². The van der Waals surface area contributed by atoms with Gasteiger partial charge in [0.1, 0.15) is 6.54 Å². The van der Waals surface area contributed by atoms with Crippen molar-refractivity contribution in [3.05, 3.63) is 0 Å². The topological polar surface area (TPSA) is 37.2 Å². The zero-order valence-corrected chi connectivity index (χ0v) is 11.6. The van der Waals surface area contributed by atoms with Crippen molar-refractivity contribution in [2.24, 2.45) is 10.3 Å². The first-order chi connectivity index (χ1) is 11.6. The van der Waals surface area contributed by atoms with E-state index in [1.54, 1.807) is 5.22 Å². The quantitative estimate of drug-likeness (QED) is 0.573. The van der Waals surface area contributed by atoms with Crippen LogP contribution in [-0.4, -0.2) is 53.7 Å². The Labute approximate surface area is 136 Å². The van der Waals surface area contributed by atoms with E-state index in [1.807, 2.05) is 5.11 Å². The highest BCUT2D eigenvalue weighted by Crippen LogP contribution is 2.58. The van der Waals surface area contributed by atoms with E-state index < -0.39 is 53.7 Å². The van der Waals surface area contributed by atoms with Crippen LogP contribution in [0.4, 0.5) is 65.9 Å². The van der Waals surface area contributed by atoms with Gasteiger partial charge in [-0.1, -0.05) is 0 Å². The molecule has 0 aromatic carbocycles. The number of alkyl halides is 15. The molecule has 0 radical (unpaired) electrons. The van der Waals surface area contributed by atoms with E-state index in [4.69, 9.17) is 0 Å². The fourth-order valence-electron chi connectivity index (χ4n) is 1.75. The number of nitrogens with zero attached hydrogens (tertiary/aromatic N) is 3. The van der Waals surface area contributed by atoms with Crippen LogP contribution in [0.1, 0.15) is 0 Å². The average molecular weight is 441 g/mol. The van der Waals surface area contributed by atoms with Gasteiger partial charge in [-0.15, -0.1) is 5.17 Å². The van der Waals surface area contributed by atoms with Crippen molar-refractivity contribution in [1.29, 1.82) is 0 Å². The van der Waals surface area contributed by atoms with Crippen LogP contribution in [0.25, 0.3) is 0 Å². The summed E-state index contributed by atoms with van der Waals surface area (Å²) in [7, 11) is 0. The second kappa shape index (κ2) is 5.90. The minimum atomic E-state index is -7.59. The van der Waals surface area contributed by atoms with E-state index in [1.165, 1.54) is 0 Å². The highest BCUT2D eigenvalue weighted by Gasteiger charge is 2.89. The Morgan fingerprint density at radius 3 is 1.22 bits per heavy atom. The molecule has 0 N–H and O–H groups in total. The molecule has 0 spiro atoms. The maximum atomic E-state index is 12.8. The molecule has 0 aliphatic carbocycles. The molecule has 0 unspecified atom stereocenters. The lowest BCUT2D eigenvalue weighted by Crippen LogP contribution is -2.74. The van der Waals surface area contributed by atoms with E-state index in [-0.39, 0.29) is 0 Å². The summed E-state index contributed by atoms with van der Waals surface area (Å²) in [5.74, 6) is 0. The minimum absolute atomic E-state index is 1.64. The molecule has 0 fully saturated rings. The Balaban J connectivity index is 3.74. The van der Waals surface area contributed by atoms with Crippen LogP contribution in [-0.2, 0) is 4.84 Å². The van der Waals surface area contributed by atoms with Crippen LogP contribution < -0.4 is 0 Å². The number of hydrogen-bond donors (Lipinski definition) is 0. The monoisotopic (exact) mass is 441 g/mol. The Bertz CT molecular complexity index is 528. The first kappa shape index (κ1) is 23.3. The summed E-state index contributed by atoms with van der Waals surface area (Å²) in [5, 5.41) is 1.10. The van der Waals surface area contributed by atoms with Crippen molar-refractivity contribution in [2.45, 2.75) is 42.0 Å². The molecule has 1 aliphatic rings. The number of rotatable bonds is 2. The molecule has 19 heteroatoms. The van der Waals surface area contributed by atoms with E-state index in [0.29, 0.717) is 0 Å². The van der Waals surface area contributed by atoms with Gasteiger partial charge in [-0.2, -0.15) is 71.0 Å². The lowest BCUT2D eigenvalue weighted by Gasteiger charge is -2.43. The van der Waals surface area contributed by atoms with Gasteiger partial charge in [0, 0.05) is 0 Å².